The van der Waals surface area contributed by atoms with E-state index in [4.69, 9.17) is 0 Å². The molecule has 1 amide bonds. The number of likely N-dealkylation sites (N-methyl/N-ethyl adjacent to an activating group) is 2. The molecule has 94 valence electrons. The molecule has 1 unspecified atom stereocenters. The average molecular weight is 229 g/mol. The zero-order valence-electron chi connectivity index (χ0n) is 10.5. The predicted octanol–water partition coefficient (Wildman–Crippen LogP) is -0.927. The Balaban J connectivity index is 2.59. The summed E-state index contributed by atoms with van der Waals surface area (Å²) in [5.74, 6) is 0.0596. The highest BCUT2D eigenvalue weighted by atomic mass is 16.3. The molecule has 1 fully saturated rings. The van der Waals surface area contributed by atoms with Crippen molar-refractivity contribution in [1.82, 2.24) is 14.7 Å². The van der Waals surface area contributed by atoms with E-state index in [2.05, 4.69) is 4.90 Å². The molecular formula is C11H23N3O2. The first kappa shape index (κ1) is 13.4. The van der Waals surface area contributed by atoms with Crippen LogP contribution in [-0.4, -0.2) is 85.7 Å². The van der Waals surface area contributed by atoms with Crippen molar-refractivity contribution in [2.24, 2.45) is 0 Å². The van der Waals surface area contributed by atoms with Crippen molar-refractivity contribution in [1.29, 1.82) is 0 Å². The lowest BCUT2D eigenvalue weighted by atomic mass is 10.2. The quantitative estimate of drug-likeness (QED) is 0.677. The van der Waals surface area contributed by atoms with Crippen LogP contribution in [-0.2, 0) is 4.79 Å². The van der Waals surface area contributed by atoms with Gasteiger partial charge in [-0.3, -0.25) is 9.69 Å². The van der Waals surface area contributed by atoms with Gasteiger partial charge < -0.3 is 14.9 Å². The van der Waals surface area contributed by atoms with Crippen LogP contribution in [0.1, 0.15) is 6.42 Å². The standard InChI is InChI=1S/C11H23N3O2/c1-12(2)7-8-14-6-4-5-13(3)10(9-15)11(14)16/h10,15H,4-9H2,1-3H3. The minimum Gasteiger partial charge on any atom is -0.394 e. The van der Waals surface area contributed by atoms with Crippen LogP contribution in [0, 0.1) is 0 Å². The molecule has 0 aromatic carbocycles. The van der Waals surface area contributed by atoms with Crippen LogP contribution in [0.15, 0.2) is 0 Å². The zero-order chi connectivity index (χ0) is 12.1. The molecular weight excluding hydrogens is 206 g/mol. The molecule has 1 aliphatic heterocycles. The van der Waals surface area contributed by atoms with Gasteiger partial charge in [0.05, 0.1) is 6.61 Å². The van der Waals surface area contributed by atoms with Crippen molar-refractivity contribution in [2.75, 3.05) is 53.9 Å². The van der Waals surface area contributed by atoms with Crippen molar-refractivity contribution < 1.29 is 9.90 Å². The zero-order valence-corrected chi connectivity index (χ0v) is 10.5. The number of hydrogen-bond donors (Lipinski definition) is 1. The van der Waals surface area contributed by atoms with Crippen LogP contribution < -0.4 is 0 Å². The molecule has 1 N–H and O–H groups in total. The molecule has 0 radical (unpaired) electrons. The monoisotopic (exact) mass is 229 g/mol. The number of carbonyl (C=O) groups is 1. The first-order chi connectivity index (χ1) is 7.56. The van der Waals surface area contributed by atoms with E-state index in [0.29, 0.717) is 0 Å². The third-order valence-electron chi connectivity index (χ3n) is 3.06. The Morgan fingerprint density at radius 2 is 2.12 bits per heavy atom. The molecule has 5 heteroatoms. The molecule has 0 spiro atoms. The van der Waals surface area contributed by atoms with E-state index < -0.39 is 0 Å². The van der Waals surface area contributed by atoms with Gasteiger partial charge in [-0.15, -0.1) is 0 Å². The van der Waals surface area contributed by atoms with Gasteiger partial charge in [0, 0.05) is 26.2 Å². The number of rotatable bonds is 4. The van der Waals surface area contributed by atoms with Crippen molar-refractivity contribution in [3.05, 3.63) is 0 Å². The predicted molar refractivity (Wildman–Crippen MR) is 63.3 cm³/mol. The van der Waals surface area contributed by atoms with Gasteiger partial charge in [-0.1, -0.05) is 0 Å². The van der Waals surface area contributed by atoms with Gasteiger partial charge >= 0.3 is 0 Å². The second-order valence-corrected chi connectivity index (χ2v) is 4.66. The Hall–Kier alpha value is -0.650. The fraction of sp³-hybridized carbons (Fsp3) is 0.909. The minimum atomic E-state index is -0.357. The van der Waals surface area contributed by atoms with Gasteiger partial charge in [0.25, 0.3) is 0 Å². The summed E-state index contributed by atoms with van der Waals surface area (Å²) in [5.41, 5.74) is 0. The summed E-state index contributed by atoms with van der Waals surface area (Å²) in [6, 6.07) is -0.357. The molecule has 0 saturated carbocycles. The molecule has 0 aliphatic carbocycles. The van der Waals surface area contributed by atoms with Gasteiger partial charge in [-0.25, -0.2) is 0 Å². The van der Waals surface area contributed by atoms with Crippen molar-refractivity contribution >= 4 is 5.91 Å². The van der Waals surface area contributed by atoms with E-state index in [-0.39, 0.29) is 18.6 Å². The maximum Gasteiger partial charge on any atom is 0.242 e. The third kappa shape index (κ3) is 3.43. The highest BCUT2D eigenvalue weighted by molar-refractivity contribution is 5.82. The summed E-state index contributed by atoms with van der Waals surface area (Å²) in [6.07, 6.45) is 0.978. The van der Waals surface area contributed by atoms with Crippen LogP contribution in [0.4, 0.5) is 0 Å². The van der Waals surface area contributed by atoms with Crippen LogP contribution in [0.3, 0.4) is 0 Å². The molecule has 1 rings (SSSR count). The third-order valence-corrected chi connectivity index (χ3v) is 3.06. The molecule has 0 bridgehead atoms. The van der Waals surface area contributed by atoms with Gasteiger partial charge in [-0.2, -0.15) is 0 Å². The maximum absolute atomic E-state index is 12.1. The summed E-state index contributed by atoms with van der Waals surface area (Å²) in [5, 5.41) is 9.25. The van der Waals surface area contributed by atoms with Crippen LogP contribution in [0.2, 0.25) is 0 Å². The molecule has 1 saturated heterocycles. The number of aliphatic hydroxyl groups excluding tert-OH is 1. The van der Waals surface area contributed by atoms with Crippen LogP contribution >= 0.6 is 0 Å². The number of hydrogen-bond acceptors (Lipinski definition) is 4. The summed E-state index contributed by atoms with van der Waals surface area (Å²) >= 11 is 0. The second-order valence-electron chi connectivity index (χ2n) is 4.66. The Morgan fingerprint density at radius 1 is 1.44 bits per heavy atom. The summed E-state index contributed by atoms with van der Waals surface area (Å²) in [7, 11) is 5.89. The SMILES string of the molecule is CN(C)CCN1CCCN(C)C(CO)C1=O. The molecule has 16 heavy (non-hydrogen) atoms. The number of carbonyl (C=O) groups excluding carboxylic acids is 1. The van der Waals surface area contributed by atoms with E-state index >= 15 is 0 Å². The molecule has 0 aromatic heterocycles. The summed E-state index contributed by atoms with van der Waals surface area (Å²) in [4.78, 5) is 18.0. The van der Waals surface area contributed by atoms with Gasteiger partial charge in [0.2, 0.25) is 5.91 Å². The van der Waals surface area contributed by atoms with Crippen molar-refractivity contribution in [2.45, 2.75) is 12.5 Å². The van der Waals surface area contributed by atoms with Crippen molar-refractivity contribution in [3.8, 4) is 0 Å². The van der Waals surface area contributed by atoms with Crippen molar-refractivity contribution in [3.63, 3.8) is 0 Å². The Labute approximate surface area is 97.6 Å². The van der Waals surface area contributed by atoms with E-state index in [1.807, 2.05) is 30.9 Å². The summed E-state index contributed by atoms with van der Waals surface area (Å²) < 4.78 is 0. The normalized spacial score (nSPS) is 23.9. The number of amides is 1. The minimum absolute atomic E-state index is 0.0596. The maximum atomic E-state index is 12.1. The molecule has 1 heterocycles. The fourth-order valence-electron chi connectivity index (χ4n) is 1.94. The van der Waals surface area contributed by atoms with Crippen LogP contribution in [0.25, 0.3) is 0 Å². The van der Waals surface area contributed by atoms with E-state index in [0.717, 1.165) is 32.6 Å². The number of aliphatic hydroxyl groups is 1. The first-order valence-electron chi connectivity index (χ1n) is 5.81. The first-order valence-corrected chi connectivity index (χ1v) is 5.81. The summed E-state index contributed by atoms with van der Waals surface area (Å²) in [6.45, 7) is 3.19. The highest BCUT2D eigenvalue weighted by Crippen LogP contribution is 2.09. The smallest absolute Gasteiger partial charge is 0.242 e. The number of nitrogens with zero attached hydrogens (tertiary/aromatic N) is 3. The Bertz CT molecular complexity index is 233. The average Bonchev–Trinajstić information content (AvgIpc) is 2.35. The lowest BCUT2D eigenvalue weighted by Crippen LogP contribution is -2.47. The topological polar surface area (TPSA) is 47.0 Å². The largest absolute Gasteiger partial charge is 0.394 e. The van der Waals surface area contributed by atoms with Gasteiger partial charge in [-0.05, 0) is 27.6 Å². The van der Waals surface area contributed by atoms with E-state index in [1.54, 1.807) is 0 Å². The Morgan fingerprint density at radius 3 is 2.69 bits per heavy atom. The van der Waals surface area contributed by atoms with E-state index in [9.17, 15) is 9.90 Å². The van der Waals surface area contributed by atoms with Gasteiger partial charge in [0.15, 0.2) is 0 Å². The Kier molecular flexibility index (Phi) is 5.18. The highest BCUT2D eigenvalue weighted by Gasteiger charge is 2.29. The lowest BCUT2D eigenvalue weighted by molar-refractivity contribution is -0.136. The lowest BCUT2D eigenvalue weighted by Gasteiger charge is -2.27. The van der Waals surface area contributed by atoms with Crippen LogP contribution in [0.5, 0.6) is 0 Å². The van der Waals surface area contributed by atoms with Gasteiger partial charge in [0.1, 0.15) is 6.04 Å². The fourth-order valence-corrected chi connectivity index (χ4v) is 1.94. The molecule has 1 aliphatic rings. The van der Waals surface area contributed by atoms with E-state index in [1.165, 1.54) is 0 Å². The molecule has 1 atom stereocenters. The molecule has 0 aromatic rings. The second kappa shape index (κ2) is 6.18. The molecule has 5 nitrogen and oxygen atoms in total.